The fourth-order valence-electron chi connectivity index (χ4n) is 2.34. The summed E-state index contributed by atoms with van der Waals surface area (Å²) < 4.78 is 11.5. The molecule has 0 unspecified atom stereocenters. The van der Waals surface area contributed by atoms with Gasteiger partial charge in [-0.15, -0.1) is 0 Å². The Morgan fingerprint density at radius 2 is 1.53 bits per heavy atom. The van der Waals surface area contributed by atoms with Crippen LogP contribution in [0.25, 0.3) is 0 Å². The Hall–Kier alpha value is 0.100. The predicted molar refractivity (Wildman–Crippen MR) is 68.8 cm³/mol. The Labute approximate surface area is 97.2 Å². The smallest absolute Gasteiger partial charge is 0.162 e. The van der Waals surface area contributed by atoms with Gasteiger partial charge in [-0.1, -0.05) is 60.3 Å². The topological polar surface area (TPSA) is 17.1 Å². The number of rotatable bonds is 8. The van der Waals surface area contributed by atoms with Crippen LogP contribution in [-0.2, 0) is 4.57 Å². The highest BCUT2D eigenvalue weighted by atomic mass is 31.1. The summed E-state index contributed by atoms with van der Waals surface area (Å²) >= 11 is 0. The molecule has 0 saturated carbocycles. The molecule has 0 N–H and O–H groups in total. The van der Waals surface area contributed by atoms with Gasteiger partial charge in [-0.3, -0.25) is 4.57 Å². The molecule has 0 aliphatic carbocycles. The third kappa shape index (κ3) is 4.23. The van der Waals surface area contributed by atoms with Crippen LogP contribution in [0.15, 0.2) is 0 Å². The normalized spacial score (nSPS) is 13.0. The molecule has 0 saturated heterocycles. The highest BCUT2D eigenvalue weighted by Gasteiger charge is 2.37. The van der Waals surface area contributed by atoms with Crippen LogP contribution >= 0.6 is 8.46 Å². The van der Waals surface area contributed by atoms with Crippen molar-refractivity contribution in [3.05, 3.63) is 0 Å². The van der Waals surface area contributed by atoms with Gasteiger partial charge in [0.05, 0.1) is 5.16 Å². The number of hydrogen-bond acceptors (Lipinski definition) is 1. The maximum Gasteiger partial charge on any atom is 0.162 e. The summed E-state index contributed by atoms with van der Waals surface area (Å²) in [6, 6.07) is 0. The number of unbranched alkanes of at least 4 members (excludes halogenated alkanes) is 3. The Kier molecular flexibility index (Phi) is 7.44. The van der Waals surface area contributed by atoms with Crippen molar-refractivity contribution in [2.45, 2.75) is 71.9 Å². The summed E-state index contributed by atoms with van der Waals surface area (Å²) in [7, 11) is 0.342. The molecule has 1 nitrogen and oxygen atoms in total. The molecule has 15 heavy (non-hydrogen) atoms. The molecule has 0 bridgehead atoms. The van der Waals surface area contributed by atoms with Crippen molar-refractivity contribution < 1.29 is 4.57 Å². The average molecular weight is 230 g/mol. The van der Waals surface area contributed by atoms with Gasteiger partial charge in [-0.25, -0.2) is 0 Å². The summed E-state index contributed by atoms with van der Waals surface area (Å²) in [6.45, 7) is 11.0. The van der Waals surface area contributed by atoms with Gasteiger partial charge in [-0.05, 0) is 18.3 Å². The summed E-state index contributed by atoms with van der Waals surface area (Å²) in [5.41, 5.74) is 0. The molecular weight excluding hydrogens is 203 g/mol. The lowest BCUT2D eigenvalue weighted by molar-refractivity contribution is 0.294. The Bertz CT molecular complexity index is 167. The lowest BCUT2D eigenvalue weighted by atomic mass is 9.80. The quantitative estimate of drug-likeness (QED) is 0.408. The van der Waals surface area contributed by atoms with Gasteiger partial charge < -0.3 is 0 Å². The fraction of sp³-hybridized carbons (Fsp3) is 1.00. The van der Waals surface area contributed by atoms with E-state index < -0.39 is 0 Å². The third-order valence-electron chi connectivity index (χ3n) is 3.60. The highest BCUT2D eigenvalue weighted by Crippen LogP contribution is 2.43. The minimum Gasteiger partial charge on any atom is -0.274 e. The van der Waals surface area contributed by atoms with Crippen LogP contribution in [0.1, 0.15) is 66.7 Å². The van der Waals surface area contributed by atoms with E-state index in [-0.39, 0.29) is 5.16 Å². The second-order valence-electron chi connectivity index (χ2n) is 5.20. The molecule has 0 aromatic carbocycles. The molecule has 90 valence electrons. The van der Waals surface area contributed by atoms with Crippen LogP contribution < -0.4 is 0 Å². The molecule has 0 amide bonds. The fourth-order valence-corrected chi connectivity index (χ4v) is 3.01. The molecule has 0 radical (unpaired) electrons. The van der Waals surface area contributed by atoms with Gasteiger partial charge in [0.15, 0.2) is 8.46 Å². The summed E-state index contributed by atoms with van der Waals surface area (Å²) in [6.07, 6.45) is 6.19. The van der Waals surface area contributed by atoms with E-state index in [0.29, 0.717) is 20.3 Å². The average Bonchev–Trinajstić information content (AvgIpc) is 2.17. The van der Waals surface area contributed by atoms with Crippen LogP contribution in [0.3, 0.4) is 0 Å². The molecule has 0 heterocycles. The zero-order valence-corrected chi connectivity index (χ0v) is 11.9. The lowest BCUT2D eigenvalue weighted by Gasteiger charge is -2.35. The van der Waals surface area contributed by atoms with Crippen molar-refractivity contribution in [2.75, 3.05) is 0 Å². The Morgan fingerprint density at radius 1 is 1.00 bits per heavy atom. The van der Waals surface area contributed by atoms with Gasteiger partial charge in [0.1, 0.15) is 0 Å². The van der Waals surface area contributed by atoms with Crippen molar-refractivity contribution in [3.63, 3.8) is 0 Å². The molecule has 0 aromatic rings. The second-order valence-corrected chi connectivity index (χ2v) is 6.22. The minimum atomic E-state index is 0.00768. The summed E-state index contributed by atoms with van der Waals surface area (Å²) in [5, 5.41) is 0.00768. The van der Waals surface area contributed by atoms with Crippen LogP contribution in [0.5, 0.6) is 0 Å². The van der Waals surface area contributed by atoms with Gasteiger partial charge in [0, 0.05) is 0 Å². The van der Waals surface area contributed by atoms with Crippen molar-refractivity contribution in [2.24, 2.45) is 11.8 Å². The Balaban J connectivity index is 4.30. The zero-order valence-electron chi connectivity index (χ0n) is 11.0. The first-order valence-electron chi connectivity index (χ1n) is 6.35. The second kappa shape index (κ2) is 7.39. The first kappa shape index (κ1) is 15.1. The number of hydrogen-bond donors (Lipinski definition) is 0. The maximum atomic E-state index is 11.5. The summed E-state index contributed by atoms with van der Waals surface area (Å²) in [4.78, 5) is 0. The first-order chi connectivity index (χ1) is 7.01. The van der Waals surface area contributed by atoms with Crippen molar-refractivity contribution in [3.8, 4) is 0 Å². The maximum absolute atomic E-state index is 11.5. The van der Waals surface area contributed by atoms with Gasteiger partial charge in [0.2, 0.25) is 0 Å². The van der Waals surface area contributed by atoms with E-state index in [0.717, 1.165) is 6.42 Å². The van der Waals surface area contributed by atoms with Crippen LogP contribution in [0.2, 0.25) is 0 Å². The van der Waals surface area contributed by atoms with E-state index >= 15 is 0 Å². The van der Waals surface area contributed by atoms with Crippen LogP contribution in [0, 0.1) is 11.8 Å². The van der Waals surface area contributed by atoms with Crippen LogP contribution in [-0.4, -0.2) is 5.16 Å². The molecule has 0 aromatic heterocycles. The zero-order chi connectivity index (χ0) is 11.9. The molecular formula is C13H27OP. The lowest BCUT2D eigenvalue weighted by Crippen LogP contribution is -2.34. The van der Waals surface area contributed by atoms with E-state index in [2.05, 4.69) is 34.6 Å². The van der Waals surface area contributed by atoms with Gasteiger partial charge in [0.25, 0.3) is 0 Å². The van der Waals surface area contributed by atoms with E-state index in [1.54, 1.807) is 0 Å². The monoisotopic (exact) mass is 230 g/mol. The molecule has 0 spiro atoms. The molecule has 2 heteroatoms. The molecule has 0 aliphatic rings. The molecule has 0 aliphatic heterocycles. The van der Waals surface area contributed by atoms with Crippen molar-refractivity contribution in [1.82, 2.24) is 0 Å². The minimum absolute atomic E-state index is 0.00768. The van der Waals surface area contributed by atoms with E-state index in [1.165, 1.54) is 25.7 Å². The molecule has 0 rings (SSSR count). The van der Waals surface area contributed by atoms with Crippen LogP contribution in [0.4, 0.5) is 0 Å². The van der Waals surface area contributed by atoms with Gasteiger partial charge >= 0.3 is 0 Å². The highest BCUT2D eigenvalue weighted by molar-refractivity contribution is 7.26. The van der Waals surface area contributed by atoms with E-state index in [1.807, 2.05) is 0 Å². The molecule has 0 atom stereocenters. The first-order valence-corrected chi connectivity index (χ1v) is 7.17. The standard InChI is InChI=1S/C13H27OP/c1-6-7-8-9-10-13(15-14,11(2)3)12(4)5/h11-12H,6-10H2,1-5H3. The summed E-state index contributed by atoms with van der Waals surface area (Å²) in [5.74, 6) is 0.997. The molecule has 0 fully saturated rings. The SMILES string of the molecule is CCCCCCC(P=O)(C(C)C)C(C)C. The largest absolute Gasteiger partial charge is 0.274 e. The van der Waals surface area contributed by atoms with Crippen molar-refractivity contribution in [1.29, 1.82) is 0 Å². The van der Waals surface area contributed by atoms with Crippen molar-refractivity contribution >= 4 is 8.46 Å². The van der Waals surface area contributed by atoms with E-state index in [4.69, 9.17) is 0 Å². The van der Waals surface area contributed by atoms with Gasteiger partial charge in [-0.2, -0.15) is 0 Å². The Morgan fingerprint density at radius 3 is 1.87 bits per heavy atom. The van der Waals surface area contributed by atoms with E-state index in [9.17, 15) is 4.57 Å². The third-order valence-corrected chi connectivity index (χ3v) is 5.20. The predicted octanol–water partition coefficient (Wildman–Crippen LogP) is 5.30.